The summed E-state index contributed by atoms with van der Waals surface area (Å²) in [6.45, 7) is 1.71. The third kappa shape index (κ3) is 3.88. The van der Waals surface area contributed by atoms with E-state index < -0.39 is 24.0 Å². The number of ether oxygens (including phenoxy) is 1. The molecule has 1 fully saturated rings. The molecule has 0 radical (unpaired) electrons. The third-order valence-corrected chi connectivity index (χ3v) is 6.25. The van der Waals surface area contributed by atoms with Crippen molar-refractivity contribution in [1.29, 1.82) is 0 Å². The highest BCUT2D eigenvalue weighted by Crippen LogP contribution is 2.37. The van der Waals surface area contributed by atoms with Crippen molar-refractivity contribution < 1.29 is 24.1 Å². The molecule has 2 atom stereocenters. The molecule has 9 heteroatoms. The molecule has 0 bridgehead atoms. The van der Waals surface area contributed by atoms with E-state index in [0.29, 0.717) is 40.1 Å². The van der Waals surface area contributed by atoms with Crippen LogP contribution < -0.4 is 10.1 Å². The first-order valence-corrected chi connectivity index (χ1v) is 10.1. The van der Waals surface area contributed by atoms with Gasteiger partial charge < -0.3 is 20.3 Å². The number of aliphatic hydroxyl groups is 1. The predicted molar refractivity (Wildman–Crippen MR) is 108 cm³/mol. The summed E-state index contributed by atoms with van der Waals surface area (Å²) in [5, 5.41) is 23.3. The van der Waals surface area contributed by atoms with Crippen LogP contribution in [0, 0.1) is 12.7 Å². The van der Waals surface area contributed by atoms with E-state index in [1.807, 2.05) is 0 Å². The number of anilines is 2. The molecule has 3 N–H and O–H groups in total. The first-order valence-electron chi connectivity index (χ1n) is 9.32. The lowest BCUT2D eigenvalue weighted by Gasteiger charge is -2.29. The van der Waals surface area contributed by atoms with E-state index >= 15 is 0 Å². The van der Waals surface area contributed by atoms with Crippen molar-refractivity contribution in [3.05, 3.63) is 40.8 Å². The fourth-order valence-corrected chi connectivity index (χ4v) is 4.56. The molecule has 7 nitrogen and oxygen atoms in total. The normalized spacial score (nSPS) is 19.3. The van der Waals surface area contributed by atoms with Crippen LogP contribution in [0.5, 0.6) is 5.75 Å². The Morgan fingerprint density at radius 3 is 2.86 bits per heavy atom. The SMILES string of the molecule is Cc1c(C(=O)O)sc2ncnc(Nc3ccc(F)cc3O[C@@H]3CCCCC3O)c12. The number of aliphatic hydroxyl groups excluding tert-OH is 1. The van der Waals surface area contributed by atoms with Crippen molar-refractivity contribution in [3.63, 3.8) is 0 Å². The molecule has 0 spiro atoms. The number of hydrogen-bond acceptors (Lipinski definition) is 7. The number of halogens is 1. The Morgan fingerprint density at radius 2 is 2.10 bits per heavy atom. The average Bonchev–Trinajstić information content (AvgIpc) is 3.04. The number of aromatic carboxylic acids is 1. The van der Waals surface area contributed by atoms with Gasteiger partial charge in [-0.2, -0.15) is 0 Å². The van der Waals surface area contributed by atoms with Crippen molar-refractivity contribution in [2.24, 2.45) is 0 Å². The molecule has 3 aromatic rings. The van der Waals surface area contributed by atoms with Crippen molar-refractivity contribution in [2.75, 3.05) is 5.32 Å². The zero-order valence-corrected chi connectivity index (χ0v) is 16.5. The van der Waals surface area contributed by atoms with E-state index in [-0.39, 0.29) is 10.6 Å². The fraction of sp³-hybridized carbons (Fsp3) is 0.350. The monoisotopic (exact) mass is 417 g/mol. The maximum atomic E-state index is 13.9. The van der Waals surface area contributed by atoms with Gasteiger partial charge >= 0.3 is 5.97 Å². The molecule has 1 aliphatic carbocycles. The van der Waals surface area contributed by atoms with Crippen LogP contribution in [0.25, 0.3) is 10.2 Å². The minimum atomic E-state index is -1.02. The molecule has 0 saturated heterocycles. The second-order valence-electron chi connectivity index (χ2n) is 7.04. The van der Waals surface area contributed by atoms with E-state index in [1.54, 1.807) is 6.92 Å². The summed E-state index contributed by atoms with van der Waals surface area (Å²) in [7, 11) is 0. The molecule has 2 aromatic heterocycles. The number of carboxylic acid groups (broad SMARTS) is 1. The lowest BCUT2D eigenvalue weighted by molar-refractivity contribution is 0.00712. The summed E-state index contributed by atoms with van der Waals surface area (Å²) in [5.74, 6) is -0.789. The summed E-state index contributed by atoms with van der Waals surface area (Å²) >= 11 is 1.08. The molecule has 152 valence electrons. The van der Waals surface area contributed by atoms with E-state index in [1.165, 1.54) is 24.5 Å². The van der Waals surface area contributed by atoms with Gasteiger partial charge in [0.05, 0.1) is 17.2 Å². The molecule has 0 aliphatic heterocycles. The smallest absolute Gasteiger partial charge is 0.346 e. The number of aryl methyl sites for hydroxylation is 1. The van der Waals surface area contributed by atoms with Crippen LogP contribution in [0.1, 0.15) is 40.9 Å². The average molecular weight is 417 g/mol. The van der Waals surface area contributed by atoms with Gasteiger partial charge in [-0.3, -0.25) is 0 Å². The van der Waals surface area contributed by atoms with Crippen LogP contribution in [0.4, 0.5) is 15.9 Å². The number of thiophene rings is 1. The van der Waals surface area contributed by atoms with Gasteiger partial charge in [0.25, 0.3) is 0 Å². The zero-order valence-electron chi connectivity index (χ0n) is 15.7. The number of fused-ring (bicyclic) bond motifs is 1. The molecule has 2 heterocycles. The van der Waals surface area contributed by atoms with E-state index in [4.69, 9.17) is 4.74 Å². The number of aromatic nitrogens is 2. The van der Waals surface area contributed by atoms with Gasteiger partial charge in [0.1, 0.15) is 39.5 Å². The van der Waals surface area contributed by atoms with Crippen molar-refractivity contribution in [3.8, 4) is 5.75 Å². The Kier molecular flexibility index (Phi) is 5.33. The number of rotatable bonds is 5. The van der Waals surface area contributed by atoms with Gasteiger partial charge in [0.15, 0.2) is 0 Å². The van der Waals surface area contributed by atoms with Gasteiger partial charge in [0.2, 0.25) is 0 Å². The summed E-state index contributed by atoms with van der Waals surface area (Å²) < 4.78 is 19.8. The highest BCUT2D eigenvalue weighted by molar-refractivity contribution is 7.20. The number of hydrogen-bond donors (Lipinski definition) is 3. The van der Waals surface area contributed by atoms with Crippen LogP contribution in [0.15, 0.2) is 24.5 Å². The lowest BCUT2D eigenvalue weighted by atomic mass is 9.95. The van der Waals surface area contributed by atoms with Crippen molar-refractivity contribution >= 4 is 39.0 Å². The highest BCUT2D eigenvalue weighted by Gasteiger charge is 2.26. The van der Waals surface area contributed by atoms with Gasteiger partial charge in [-0.15, -0.1) is 11.3 Å². The van der Waals surface area contributed by atoms with Crippen LogP contribution in [0.3, 0.4) is 0 Å². The molecule has 1 aromatic carbocycles. The molecule has 1 unspecified atom stereocenters. The minimum absolute atomic E-state index is 0.199. The maximum Gasteiger partial charge on any atom is 0.346 e. The van der Waals surface area contributed by atoms with Crippen molar-refractivity contribution in [1.82, 2.24) is 9.97 Å². The number of carbonyl (C=O) groups is 1. The minimum Gasteiger partial charge on any atom is -0.485 e. The number of carboxylic acids is 1. The van der Waals surface area contributed by atoms with Crippen LogP contribution >= 0.6 is 11.3 Å². The molecular formula is C20H20FN3O4S. The van der Waals surface area contributed by atoms with Gasteiger partial charge in [-0.1, -0.05) is 6.42 Å². The number of benzene rings is 1. The van der Waals surface area contributed by atoms with Crippen molar-refractivity contribution in [2.45, 2.75) is 44.8 Å². The summed E-state index contributed by atoms with van der Waals surface area (Å²) in [6, 6.07) is 4.10. The Morgan fingerprint density at radius 1 is 1.31 bits per heavy atom. The zero-order chi connectivity index (χ0) is 20.5. The van der Waals surface area contributed by atoms with Crippen LogP contribution in [0.2, 0.25) is 0 Å². The first-order chi connectivity index (χ1) is 13.9. The summed E-state index contributed by atoms with van der Waals surface area (Å²) in [5.41, 5.74) is 1.04. The van der Waals surface area contributed by atoms with E-state index in [2.05, 4.69) is 15.3 Å². The Balaban J connectivity index is 1.70. The molecule has 1 saturated carbocycles. The predicted octanol–water partition coefficient (Wildman–Crippen LogP) is 4.26. The largest absolute Gasteiger partial charge is 0.485 e. The molecule has 0 amide bonds. The second-order valence-corrected chi connectivity index (χ2v) is 8.04. The van der Waals surface area contributed by atoms with Crippen LogP contribution in [-0.4, -0.2) is 38.4 Å². The van der Waals surface area contributed by atoms with Crippen LogP contribution in [-0.2, 0) is 0 Å². The van der Waals surface area contributed by atoms with E-state index in [0.717, 1.165) is 24.2 Å². The second kappa shape index (κ2) is 7.92. The Bertz CT molecular complexity index is 1070. The highest BCUT2D eigenvalue weighted by atomic mass is 32.1. The third-order valence-electron chi connectivity index (χ3n) is 5.06. The number of nitrogens with zero attached hydrogens (tertiary/aromatic N) is 2. The number of nitrogens with one attached hydrogen (secondary N) is 1. The lowest BCUT2D eigenvalue weighted by Crippen LogP contribution is -2.34. The molecular weight excluding hydrogens is 397 g/mol. The summed E-state index contributed by atoms with van der Waals surface area (Å²) in [4.78, 5) is 20.6. The molecule has 1 aliphatic rings. The Hall–Kier alpha value is -2.78. The summed E-state index contributed by atoms with van der Waals surface area (Å²) in [6.07, 6.45) is 3.58. The topological polar surface area (TPSA) is 105 Å². The fourth-order valence-electron chi connectivity index (χ4n) is 3.57. The maximum absolute atomic E-state index is 13.9. The first kappa shape index (κ1) is 19.5. The molecule has 29 heavy (non-hydrogen) atoms. The standard InChI is InChI=1S/C20H20FN3O4S/c1-10-16-18(22-9-23-19(16)29-17(10)20(26)27)24-12-7-6-11(21)8-15(12)28-14-5-3-2-4-13(14)25/h6-9,13-14,25H,2-5H2,1H3,(H,26,27)(H,22,23,24)/t13?,14-/m1/s1. The van der Waals surface area contributed by atoms with E-state index in [9.17, 15) is 19.4 Å². The Labute approximate surface area is 170 Å². The van der Waals surface area contributed by atoms with Gasteiger partial charge in [-0.25, -0.2) is 19.2 Å². The quantitative estimate of drug-likeness (QED) is 0.570. The molecule has 4 rings (SSSR count). The van der Waals surface area contributed by atoms with Gasteiger partial charge in [0, 0.05) is 6.07 Å². The van der Waals surface area contributed by atoms with Gasteiger partial charge in [-0.05, 0) is 43.9 Å².